The second-order valence-corrected chi connectivity index (χ2v) is 5.09. The van der Waals surface area contributed by atoms with Gasteiger partial charge in [-0.15, -0.1) is 0 Å². The predicted molar refractivity (Wildman–Crippen MR) is 61.3 cm³/mol. The van der Waals surface area contributed by atoms with Crippen molar-refractivity contribution in [3.63, 3.8) is 0 Å². The Labute approximate surface area is 95.9 Å². The van der Waals surface area contributed by atoms with E-state index in [4.69, 9.17) is 0 Å². The third kappa shape index (κ3) is 1.61. The molecule has 16 heavy (non-hydrogen) atoms. The van der Waals surface area contributed by atoms with Crippen LogP contribution in [0.2, 0.25) is 0 Å². The maximum atomic E-state index is 13.7. The molecule has 0 bridgehead atoms. The summed E-state index contributed by atoms with van der Waals surface area (Å²) in [4.78, 5) is 0. The lowest BCUT2D eigenvalue weighted by atomic mass is 9.56. The molecule has 1 saturated carbocycles. The summed E-state index contributed by atoms with van der Waals surface area (Å²) >= 11 is 0. The van der Waals surface area contributed by atoms with E-state index in [0.717, 1.165) is 12.8 Å². The molecule has 1 aliphatic rings. The van der Waals surface area contributed by atoms with Crippen LogP contribution in [0.15, 0.2) is 24.3 Å². The summed E-state index contributed by atoms with van der Waals surface area (Å²) < 4.78 is 13.7. The summed E-state index contributed by atoms with van der Waals surface area (Å²) in [6, 6.07) is 8.98. The molecule has 0 amide bonds. The normalized spacial score (nSPS) is 28.6. The molecular weight excluding hydrogens is 201 g/mol. The van der Waals surface area contributed by atoms with E-state index in [1.807, 2.05) is 0 Å². The molecule has 1 nitrogen and oxygen atoms in total. The summed E-state index contributed by atoms with van der Waals surface area (Å²) in [6.07, 6.45) is 1.59. The molecule has 0 heterocycles. The molecule has 2 heteroatoms. The van der Waals surface area contributed by atoms with Gasteiger partial charge in [-0.3, -0.25) is 0 Å². The Balaban J connectivity index is 2.27. The van der Waals surface area contributed by atoms with Crippen LogP contribution in [0, 0.1) is 29.0 Å². The van der Waals surface area contributed by atoms with Gasteiger partial charge in [-0.05, 0) is 30.7 Å². The minimum atomic E-state index is -0.569. The van der Waals surface area contributed by atoms with Gasteiger partial charge in [0.2, 0.25) is 0 Å². The Morgan fingerprint density at radius 2 is 2.00 bits per heavy atom. The van der Waals surface area contributed by atoms with Crippen molar-refractivity contribution in [1.82, 2.24) is 0 Å². The third-order valence-electron chi connectivity index (χ3n) is 3.77. The van der Waals surface area contributed by atoms with E-state index in [2.05, 4.69) is 19.9 Å². The lowest BCUT2D eigenvalue weighted by Crippen LogP contribution is -2.42. The van der Waals surface area contributed by atoms with Gasteiger partial charge in [0, 0.05) is 5.56 Å². The van der Waals surface area contributed by atoms with E-state index in [1.165, 1.54) is 6.07 Å². The molecule has 0 aliphatic heterocycles. The topological polar surface area (TPSA) is 23.8 Å². The summed E-state index contributed by atoms with van der Waals surface area (Å²) in [5.41, 5.74) is 0.00898. The smallest absolute Gasteiger partial charge is 0.128 e. The maximum absolute atomic E-state index is 13.7. The quantitative estimate of drug-likeness (QED) is 0.741. The molecule has 1 aromatic carbocycles. The monoisotopic (exact) mass is 217 g/mol. The summed E-state index contributed by atoms with van der Waals surface area (Å²) in [5.74, 6) is 0.888. The van der Waals surface area contributed by atoms with E-state index in [-0.39, 0.29) is 5.82 Å². The van der Waals surface area contributed by atoms with Crippen molar-refractivity contribution >= 4 is 0 Å². The van der Waals surface area contributed by atoms with Gasteiger partial charge in [-0.2, -0.15) is 5.26 Å². The fourth-order valence-electron chi connectivity index (χ4n) is 2.53. The molecular formula is C14H16FN. The van der Waals surface area contributed by atoms with Gasteiger partial charge in [0.15, 0.2) is 0 Å². The van der Waals surface area contributed by atoms with Crippen LogP contribution in [0.1, 0.15) is 32.3 Å². The fraction of sp³-hybridized carbons (Fsp3) is 0.500. The largest absolute Gasteiger partial charge is 0.207 e. The Hall–Kier alpha value is -1.36. The minimum Gasteiger partial charge on any atom is -0.207 e. The van der Waals surface area contributed by atoms with Gasteiger partial charge in [0.25, 0.3) is 0 Å². The average molecular weight is 217 g/mol. The van der Waals surface area contributed by atoms with Crippen molar-refractivity contribution in [2.24, 2.45) is 11.8 Å². The summed E-state index contributed by atoms with van der Waals surface area (Å²) in [6.45, 7) is 4.32. The zero-order chi connectivity index (χ0) is 11.8. The summed E-state index contributed by atoms with van der Waals surface area (Å²) in [7, 11) is 0. The predicted octanol–water partition coefficient (Wildman–Crippen LogP) is 3.65. The molecule has 1 aliphatic carbocycles. The highest BCUT2D eigenvalue weighted by atomic mass is 19.1. The molecule has 0 spiro atoms. The van der Waals surface area contributed by atoms with Crippen LogP contribution in [0.4, 0.5) is 4.39 Å². The second-order valence-electron chi connectivity index (χ2n) is 5.09. The number of nitriles is 1. The maximum Gasteiger partial charge on any atom is 0.128 e. The third-order valence-corrected chi connectivity index (χ3v) is 3.77. The van der Waals surface area contributed by atoms with Gasteiger partial charge in [0.1, 0.15) is 5.82 Å². The molecule has 1 fully saturated rings. The zero-order valence-corrected chi connectivity index (χ0v) is 9.70. The minimum absolute atomic E-state index is 0.244. The lowest BCUT2D eigenvalue weighted by Gasteiger charge is -2.45. The molecule has 0 aromatic heterocycles. The number of hydrogen-bond acceptors (Lipinski definition) is 1. The van der Waals surface area contributed by atoms with Crippen LogP contribution in [0.5, 0.6) is 0 Å². The van der Waals surface area contributed by atoms with Gasteiger partial charge < -0.3 is 0 Å². The Morgan fingerprint density at radius 3 is 2.50 bits per heavy atom. The van der Waals surface area contributed by atoms with Gasteiger partial charge in [-0.1, -0.05) is 32.0 Å². The van der Waals surface area contributed by atoms with Crippen molar-refractivity contribution < 1.29 is 4.39 Å². The van der Waals surface area contributed by atoms with Crippen LogP contribution in [-0.4, -0.2) is 0 Å². The van der Waals surface area contributed by atoms with Crippen molar-refractivity contribution in [2.45, 2.75) is 32.1 Å². The number of benzene rings is 1. The standard InChI is InChI=1S/C14H16FN/c1-10(2)11-7-14(8-11,9-16)12-5-3-4-6-13(12)15/h3-6,10-11H,7-8H2,1-2H3. The van der Waals surface area contributed by atoms with E-state index in [0.29, 0.717) is 17.4 Å². The molecule has 0 saturated heterocycles. The van der Waals surface area contributed by atoms with Crippen molar-refractivity contribution in [1.29, 1.82) is 5.26 Å². The fourth-order valence-corrected chi connectivity index (χ4v) is 2.53. The second kappa shape index (κ2) is 3.90. The van der Waals surface area contributed by atoms with Gasteiger partial charge in [-0.25, -0.2) is 4.39 Å². The number of nitrogens with zero attached hydrogens (tertiary/aromatic N) is 1. The molecule has 0 radical (unpaired) electrons. The zero-order valence-electron chi connectivity index (χ0n) is 9.70. The molecule has 84 valence electrons. The van der Waals surface area contributed by atoms with Crippen molar-refractivity contribution in [3.8, 4) is 6.07 Å². The Morgan fingerprint density at radius 1 is 1.38 bits per heavy atom. The first-order valence-corrected chi connectivity index (χ1v) is 5.75. The summed E-state index contributed by atoms with van der Waals surface area (Å²) in [5, 5.41) is 9.30. The highest BCUT2D eigenvalue weighted by Gasteiger charge is 2.48. The number of hydrogen-bond donors (Lipinski definition) is 0. The SMILES string of the molecule is CC(C)C1CC(C#N)(c2ccccc2F)C1. The Bertz CT molecular complexity index is 425. The van der Waals surface area contributed by atoms with Gasteiger partial charge >= 0.3 is 0 Å². The van der Waals surface area contributed by atoms with E-state index < -0.39 is 5.41 Å². The van der Waals surface area contributed by atoms with Crippen LogP contribution in [-0.2, 0) is 5.41 Å². The highest BCUT2D eigenvalue weighted by molar-refractivity contribution is 5.37. The molecule has 0 atom stereocenters. The Kier molecular flexibility index (Phi) is 2.71. The molecule has 0 unspecified atom stereocenters. The van der Waals surface area contributed by atoms with Crippen LogP contribution < -0.4 is 0 Å². The van der Waals surface area contributed by atoms with Crippen LogP contribution in [0.3, 0.4) is 0 Å². The molecule has 0 N–H and O–H groups in total. The van der Waals surface area contributed by atoms with E-state index in [9.17, 15) is 9.65 Å². The first kappa shape index (κ1) is 11.1. The molecule has 1 aromatic rings. The van der Waals surface area contributed by atoms with Crippen molar-refractivity contribution in [3.05, 3.63) is 35.6 Å². The van der Waals surface area contributed by atoms with Gasteiger partial charge in [0.05, 0.1) is 11.5 Å². The molecule has 2 rings (SSSR count). The highest BCUT2D eigenvalue weighted by Crippen LogP contribution is 2.50. The van der Waals surface area contributed by atoms with Crippen molar-refractivity contribution in [2.75, 3.05) is 0 Å². The van der Waals surface area contributed by atoms with E-state index >= 15 is 0 Å². The van der Waals surface area contributed by atoms with Crippen LogP contribution >= 0.6 is 0 Å². The van der Waals surface area contributed by atoms with E-state index in [1.54, 1.807) is 18.2 Å². The first-order valence-electron chi connectivity index (χ1n) is 5.75. The first-order chi connectivity index (χ1) is 7.59. The number of rotatable bonds is 2. The number of halogens is 1. The average Bonchev–Trinajstić information content (AvgIpc) is 2.19. The van der Waals surface area contributed by atoms with Crippen LogP contribution in [0.25, 0.3) is 0 Å². The lowest BCUT2D eigenvalue weighted by molar-refractivity contribution is 0.141.